The fourth-order valence-electron chi connectivity index (χ4n) is 3.99. The summed E-state index contributed by atoms with van der Waals surface area (Å²) in [5.41, 5.74) is 4.63. The third-order valence-electron chi connectivity index (χ3n) is 5.53. The number of aliphatic carboxylic acids is 1. The normalized spacial score (nSPS) is 12.0. The van der Waals surface area contributed by atoms with Gasteiger partial charge in [-0.3, -0.25) is 9.59 Å². The summed E-state index contributed by atoms with van der Waals surface area (Å²) >= 11 is 0. The third kappa shape index (κ3) is 6.55. The number of rotatable bonds is 12. The van der Waals surface area contributed by atoms with Gasteiger partial charge in [-0.2, -0.15) is 0 Å². The first kappa shape index (κ1) is 24.3. The van der Waals surface area contributed by atoms with Gasteiger partial charge >= 0.3 is 12.1 Å². The zero-order chi connectivity index (χ0) is 23.6. The lowest BCUT2D eigenvalue weighted by atomic mass is 9.98. The number of fused-ring (bicyclic) bond motifs is 3. The molecule has 176 valence electrons. The van der Waals surface area contributed by atoms with E-state index in [1.54, 1.807) is 0 Å². The summed E-state index contributed by atoms with van der Waals surface area (Å²) in [4.78, 5) is 36.5. The molecule has 2 N–H and O–H groups in total. The van der Waals surface area contributed by atoms with Crippen molar-refractivity contribution >= 4 is 18.0 Å². The first-order valence-electron chi connectivity index (χ1n) is 11.2. The van der Waals surface area contributed by atoms with Crippen molar-refractivity contribution in [1.82, 2.24) is 10.2 Å². The Balaban J connectivity index is 1.38. The molecule has 0 unspecified atom stereocenters. The molecule has 0 aliphatic heterocycles. The summed E-state index contributed by atoms with van der Waals surface area (Å²) in [6, 6.07) is 16.3. The molecular weight excluding hydrogens is 424 g/mol. The minimum absolute atomic E-state index is 0.00706. The Bertz CT molecular complexity index is 931. The number of nitrogens with zero attached hydrogens (tertiary/aromatic N) is 1. The Morgan fingerprint density at radius 1 is 1.00 bits per heavy atom. The summed E-state index contributed by atoms with van der Waals surface area (Å²) in [6.45, 7) is 2.97. The quantitative estimate of drug-likeness (QED) is 0.477. The zero-order valence-corrected chi connectivity index (χ0v) is 18.8. The van der Waals surface area contributed by atoms with E-state index in [1.807, 2.05) is 31.2 Å². The van der Waals surface area contributed by atoms with Gasteiger partial charge in [0, 0.05) is 25.6 Å². The van der Waals surface area contributed by atoms with Crippen LogP contribution in [0.25, 0.3) is 11.1 Å². The summed E-state index contributed by atoms with van der Waals surface area (Å²) in [5, 5.41) is 11.4. The van der Waals surface area contributed by atoms with Crippen molar-refractivity contribution in [3.05, 3.63) is 59.7 Å². The number of alkyl carbamates (subject to hydrolysis) is 1. The maximum Gasteiger partial charge on any atom is 0.407 e. The number of carboxylic acid groups (broad SMARTS) is 1. The molecule has 1 aliphatic carbocycles. The Morgan fingerprint density at radius 3 is 2.24 bits per heavy atom. The number of carbonyl (C=O) groups excluding carboxylic acids is 2. The molecule has 1 aliphatic rings. The van der Waals surface area contributed by atoms with Gasteiger partial charge in [-0.15, -0.1) is 0 Å². The van der Waals surface area contributed by atoms with Crippen molar-refractivity contribution in [2.75, 3.05) is 39.5 Å². The van der Waals surface area contributed by atoms with E-state index in [0.717, 1.165) is 17.5 Å². The fraction of sp³-hybridized carbons (Fsp3) is 0.400. The van der Waals surface area contributed by atoms with Crippen LogP contribution in [0.3, 0.4) is 0 Å². The Labute approximate surface area is 193 Å². The Kier molecular flexibility index (Phi) is 8.83. The van der Waals surface area contributed by atoms with Crippen molar-refractivity contribution in [3.8, 4) is 11.1 Å². The minimum Gasteiger partial charge on any atom is -0.481 e. The largest absolute Gasteiger partial charge is 0.481 e. The van der Waals surface area contributed by atoms with E-state index < -0.39 is 12.1 Å². The first-order valence-corrected chi connectivity index (χ1v) is 11.2. The van der Waals surface area contributed by atoms with E-state index in [0.29, 0.717) is 6.54 Å². The van der Waals surface area contributed by atoms with Crippen LogP contribution in [-0.2, 0) is 19.1 Å². The highest BCUT2D eigenvalue weighted by Gasteiger charge is 2.28. The second kappa shape index (κ2) is 12.0. The monoisotopic (exact) mass is 454 g/mol. The molecule has 8 nitrogen and oxygen atoms in total. The SMILES string of the molecule is CCCN(CCC(=O)O)C(=O)COCCNC(=O)OCC1c2ccccc2-c2ccccc21. The van der Waals surface area contributed by atoms with Crippen LogP contribution in [0.4, 0.5) is 4.79 Å². The fourth-order valence-corrected chi connectivity index (χ4v) is 3.99. The molecule has 2 aromatic rings. The van der Waals surface area contributed by atoms with E-state index >= 15 is 0 Å². The molecule has 0 saturated heterocycles. The van der Waals surface area contributed by atoms with E-state index in [9.17, 15) is 14.4 Å². The van der Waals surface area contributed by atoms with Gasteiger partial charge in [-0.1, -0.05) is 55.5 Å². The Hall–Kier alpha value is -3.39. The van der Waals surface area contributed by atoms with Crippen molar-refractivity contribution in [1.29, 1.82) is 0 Å². The average Bonchev–Trinajstić information content (AvgIpc) is 3.13. The smallest absolute Gasteiger partial charge is 0.407 e. The van der Waals surface area contributed by atoms with Crippen LogP contribution in [0.5, 0.6) is 0 Å². The molecule has 0 heterocycles. The molecule has 33 heavy (non-hydrogen) atoms. The van der Waals surface area contributed by atoms with Crippen LogP contribution in [0, 0.1) is 0 Å². The maximum absolute atomic E-state index is 12.2. The molecule has 2 aromatic carbocycles. The number of amides is 2. The van der Waals surface area contributed by atoms with Crippen molar-refractivity contribution in [2.45, 2.75) is 25.7 Å². The van der Waals surface area contributed by atoms with Gasteiger partial charge in [0.1, 0.15) is 13.2 Å². The van der Waals surface area contributed by atoms with E-state index in [4.69, 9.17) is 14.6 Å². The van der Waals surface area contributed by atoms with Gasteiger partial charge in [0.15, 0.2) is 0 Å². The van der Waals surface area contributed by atoms with Crippen LogP contribution >= 0.6 is 0 Å². The lowest BCUT2D eigenvalue weighted by Crippen LogP contribution is -2.37. The van der Waals surface area contributed by atoms with Gasteiger partial charge in [0.25, 0.3) is 0 Å². The minimum atomic E-state index is -0.947. The molecule has 0 spiro atoms. The van der Waals surface area contributed by atoms with E-state index in [2.05, 4.69) is 29.6 Å². The second-order valence-electron chi connectivity index (χ2n) is 7.83. The summed E-state index contributed by atoms with van der Waals surface area (Å²) in [6.07, 6.45) is 0.0879. The standard InChI is InChI=1S/C25H30N2O6/c1-2-13-27(14-11-24(29)30)23(28)17-32-15-12-26-25(31)33-16-22-20-9-5-3-7-18(20)19-8-4-6-10-21(19)22/h3-10,22H,2,11-17H2,1H3,(H,26,31)(H,29,30). The van der Waals surface area contributed by atoms with Crippen molar-refractivity contribution in [3.63, 3.8) is 0 Å². The van der Waals surface area contributed by atoms with Crippen molar-refractivity contribution in [2.24, 2.45) is 0 Å². The highest BCUT2D eigenvalue weighted by Crippen LogP contribution is 2.44. The topological polar surface area (TPSA) is 105 Å². The molecule has 8 heteroatoms. The highest BCUT2D eigenvalue weighted by atomic mass is 16.5. The number of nitrogens with one attached hydrogen (secondary N) is 1. The van der Waals surface area contributed by atoms with Crippen molar-refractivity contribution < 1.29 is 29.0 Å². The van der Waals surface area contributed by atoms with Crippen LogP contribution in [0.1, 0.15) is 36.8 Å². The van der Waals surface area contributed by atoms with Gasteiger partial charge < -0.3 is 24.8 Å². The van der Waals surface area contributed by atoms with E-state index in [-0.39, 0.29) is 51.2 Å². The maximum atomic E-state index is 12.2. The van der Waals surface area contributed by atoms with Gasteiger partial charge in [-0.25, -0.2) is 4.79 Å². The van der Waals surface area contributed by atoms with Gasteiger partial charge in [-0.05, 0) is 28.7 Å². The second-order valence-corrected chi connectivity index (χ2v) is 7.83. The lowest BCUT2D eigenvalue weighted by molar-refractivity contribution is -0.140. The third-order valence-corrected chi connectivity index (χ3v) is 5.53. The molecule has 0 bridgehead atoms. The summed E-state index contributed by atoms with van der Waals surface area (Å²) < 4.78 is 10.8. The number of hydrogen-bond acceptors (Lipinski definition) is 5. The van der Waals surface area contributed by atoms with Crippen LogP contribution in [0.15, 0.2) is 48.5 Å². The molecule has 0 radical (unpaired) electrons. The molecule has 0 fully saturated rings. The summed E-state index contributed by atoms with van der Waals surface area (Å²) in [5.74, 6) is -1.22. The molecule has 0 aromatic heterocycles. The zero-order valence-electron chi connectivity index (χ0n) is 18.8. The highest BCUT2D eigenvalue weighted by molar-refractivity contribution is 5.79. The van der Waals surface area contributed by atoms with Crippen LogP contribution in [-0.4, -0.2) is 67.4 Å². The van der Waals surface area contributed by atoms with Gasteiger partial charge in [0.05, 0.1) is 13.0 Å². The molecule has 0 saturated carbocycles. The summed E-state index contributed by atoms with van der Waals surface area (Å²) in [7, 11) is 0. The van der Waals surface area contributed by atoms with Crippen LogP contribution < -0.4 is 5.32 Å². The number of carboxylic acids is 1. The number of hydrogen-bond donors (Lipinski definition) is 2. The lowest BCUT2D eigenvalue weighted by Gasteiger charge is -2.21. The first-order chi connectivity index (χ1) is 16.0. The molecule has 0 atom stereocenters. The Morgan fingerprint density at radius 2 is 1.64 bits per heavy atom. The predicted molar refractivity (Wildman–Crippen MR) is 123 cm³/mol. The number of carbonyl (C=O) groups is 3. The van der Waals surface area contributed by atoms with Crippen LogP contribution in [0.2, 0.25) is 0 Å². The predicted octanol–water partition coefficient (Wildman–Crippen LogP) is 3.26. The number of benzene rings is 2. The van der Waals surface area contributed by atoms with E-state index in [1.165, 1.54) is 16.0 Å². The number of ether oxygens (including phenoxy) is 2. The molecule has 2 amide bonds. The van der Waals surface area contributed by atoms with Gasteiger partial charge in [0.2, 0.25) is 5.91 Å². The average molecular weight is 455 g/mol. The molecular formula is C25H30N2O6. The molecule has 3 rings (SSSR count).